The van der Waals surface area contributed by atoms with Crippen molar-refractivity contribution in [3.63, 3.8) is 0 Å². The second-order valence-electron chi connectivity index (χ2n) is 5.23. The fraction of sp³-hybridized carbons (Fsp3) is 0.167. The van der Waals surface area contributed by atoms with Crippen LogP contribution >= 0.6 is 23.4 Å². The van der Waals surface area contributed by atoms with Gasteiger partial charge in [-0.1, -0.05) is 35.0 Å². The zero-order chi connectivity index (χ0) is 17.6. The van der Waals surface area contributed by atoms with Gasteiger partial charge < -0.3 is 9.26 Å². The largest absolute Gasteiger partial charge is 0.455 e. The molecule has 2 aromatic carbocycles. The van der Waals surface area contributed by atoms with Crippen LogP contribution in [0, 0.1) is 6.92 Å². The van der Waals surface area contributed by atoms with Crippen LogP contribution in [0.3, 0.4) is 0 Å². The van der Waals surface area contributed by atoms with Crippen molar-refractivity contribution < 1.29 is 14.1 Å². The SMILES string of the molecule is Cc1ccccc1SCC(=O)OCc1nc(-c2ccc(Cl)cc2)no1. The third kappa shape index (κ3) is 4.84. The Morgan fingerprint density at radius 2 is 1.96 bits per heavy atom. The second kappa shape index (κ2) is 8.18. The lowest BCUT2D eigenvalue weighted by molar-refractivity contribution is -0.142. The summed E-state index contributed by atoms with van der Waals surface area (Å²) in [5.74, 6) is 0.568. The molecule has 7 heteroatoms. The highest BCUT2D eigenvalue weighted by Gasteiger charge is 2.12. The van der Waals surface area contributed by atoms with Gasteiger partial charge in [-0.25, -0.2) is 0 Å². The van der Waals surface area contributed by atoms with E-state index in [0.717, 1.165) is 16.0 Å². The Bertz CT molecular complexity index is 865. The predicted octanol–water partition coefficient (Wildman–Crippen LogP) is 4.53. The third-order valence-corrected chi connectivity index (χ3v) is 4.77. The Hall–Kier alpha value is -2.31. The molecule has 0 unspecified atom stereocenters. The molecule has 3 rings (SSSR count). The first-order valence-electron chi connectivity index (χ1n) is 7.54. The average molecular weight is 375 g/mol. The van der Waals surface area contributed by atoms with Crippen molar-refractivity contribution in [1.29, 1.82) is 0 Å². The number of aryl methyl sites for hydroxylation is 1. The maximum Gasteiger partial charge on any atom is 0.316 e. The summed E-state index contributed by atoms with van der Waals surface area (Å²) in [6, 6.07) is 15.0. The zero-order valence-corrected chi connectivity index (χ0v) is 15.0. The van der Waals surface area contributed by atoms with Crippen LogP contribution in [-0.2, 0) is 16.1 Å². The summed E-state index contributed by atoms with van der Waals surface area (Å²) in [4.78, 5) is 17.1. The molecule has 1 heterocycles. The first-order chi connectivity index (χ1) is 12.1. The molecule has 0 amide bonds. The molecule has 0 fully saturated rings. The minimum Gasteiger partial charge on any atom is -0.455 e. The topological polar surface area (TPSA) is 65.2 Å². The molecule has 0 spiro atoms. The van der Waals surface area contributed by atoms with E-state index in [1.54, 1.807) is 24.3 Å². The van der Waals surface area contributed by atoms with Gasteiger partial charge in [0.2, 0.25) is 5.82 Å². The normalized spacial score (nSPS) is 10.6. The van der Waals surface area contributed by atoms with E-state index in [4.69, 9.17) is 20.9 Å². The monoisotopic (exact) mass is 374 g/mol. The molecule has 0 aliphatic heterocycles. The maximum absolute atomic E-state index is 11.9. The number of ether oxygens (including phenoxy) is 1. The van der Waals surface area contributed by atoms with E-state index in [1.807, 2.05) is 31.2 Å². The summed E-state index contributed by atoms with van der Waals surface area (Å²) in [6.07, 6.45) is 0. The number of carbonyl (C=O) groups is 1. The summed E-state index contributed by atoms with van der Waals surface area (Å²) >= 11 is 7.29. The van der Waals surface area contributed by atoms with Gasteiger partial charge in [0.25, 0.3) is 5.89 Å². The van der Waals surface area contributed by atoms with Gasteiger partial charge >= 0.3 is 5.97 Å². The molecule has 0 atom stereocenters. The smallest absolute Gasteiger partial charge is 0.316 e. The number of hydrogen-bond donors (Lipinski definition) is 0. The lowest BCUT2D eigenvalue weighted by Crippen LogP contribution is -2.07. The molecule has 3 aromatic rings. The van der Waals surface area contributed by atoms with Gasteiger partial charge in [-0.2, -0.15) is 4.98 Å². The van der Waals surface area contributed by atoms with E-state index >= 15 is 0 Å². The first kappa shape index (κ1) is 17.5. The molecule has 0 radical (unpaired) electrons. The van der Waals surface area contributed by atoms with Gasteiger partial charge in [-0.3, -0.25) is 4.79 Å². The fourth-order valence-corrected chi connectivity index (χ4v) is 3.02. The lowest BCUT2D eigenvalue weighted by Gasteiger charge is -2.04. The van der Waals surface area contributed by atoms with E-state index in [2.05, 4.69) is 10.1 Å². The highest BCUT2D eigenvalue weighted by Crippen LogP contribution is 2.22. The standard InChI is InChI=1S/C18H15ClN2O3S/c1-12-4-2-3-5-15(12)25-11-17(22)23-10-16-20-18(21-24-16)13-6-8-14(19)9-7-13/h2-9H,10-11H2,1H3. The molecule has 0 aliphatic rings. The Morgan fingerprint density at radius 1 is 1.20 bits per heavy atom. The van der Waals surface area contributed by atoms with Crippen LogP contribution < -0.4 is 0 Å². The summed E-state index contributed by atoms with van der Waals surface area (Å²) in [7, 11) is 0. The van der Waals surface area contributed by atoms with Crippen molar-refractivity contribution in [3.05, 3.63) is 65.0 Å². The number of esters is 1. The second-order valence-corrected chi connectivity index (χ2v) is 6.69. The van der Waals surface area contributed by atoms with Gasteiger partial charge in [0.1, 0.15) is 0 Å². The first-order valence-corrected chi connectivity index (χ1v) is 8.91. The van der Waals surface area contributed by atoms with Crippen molar-refractivity contribution >= 4 is 29.3 Å². The molecule has 1 aromatic heterocycles. The average Bonchev–Trinajstić information content (AvgIpc) is 3.09. The van der Waals surface area contributed by atoms with Crippen LogP contribution in [-0.4, -0.2) is 21.9 Å². The number of nitrogens with zero attached hydrogens (tertiary/aromatic N) is 2. The molecule has 0 saturated carbocycles. The van der Waals surface area contributed by atoms with Crippen molar-refractivity contribution in [2.24, 2.45) is 0 Å². The van der Waals surface area contributed by atoms with Crippen LogP contribution in [0.25, 0.3) is 11.4 Å². The van der Waals surface area contributed by atoms with E-state index in [1.165, 1.54) is 11.8 Å². The minimum absolute atomic E-state index is 0.0479. The number of aromatic nitrogens is 2. The van der Waals surface area contributed by atoms with Crippen molar-refractivity contribution in [2.45, 2.75) is 18.4 Å². The molecular formula is C18H15ClN2O3S. The van der Waals surface area contributed by atoms with Crippen LogP contribution in [0.15, 0.2) is 57.9 Å². The molecule has 0 aliphatic carbocycles. The van der Waals surface area contributed by atoms with E-state index in [-0.39, 0.29) is 24.2 Å². The summed E-state index contributed by atoms with van der Waals surface area (Å²) in [6.45, 7) is 1.96. The molecule has 0 saturated heterocycles. The molecular weight excluding hydrogens is 360 g/mol. The number of carbonyl (C=O) groups excluding carboxylic acids is 1. The quantitative estimate of drug-likeness (QED) is 0.466. The van der Waals surface area contributed by atoms with E-state index < -0.39 is 0 Å². The highest BCUT2D eigenvalue weighted by molar-refractivity contribution is 8.00. The van der Waals surface area contributed by atoms with Crippen LogP contribution in [0.5, 0.6) is 0 Å². The minimum atomic E-state index is -0.334. The van der Waals surface area contributed by atoms with Gasteiger partial charge in [-0.05, 0) is 42.8 Å². The Morgan fingerprint density at radius 3 is 2.72 bits per heavy atom. The van der Waals surface area contributed by atoms with Gasteiger partial charge in [0.05, 0.1) is 5.75 Å². The van der Waals surface area contributed by atoms with Crippen LogP contribution in [0.1, 0.15) is 11.5 Å². The number of thioether (sulfide) groups is 1. The number of halogens is 1. The number of hydrogen-bond acceptors (Lipinski definition) is 6. The van der Waals surface area contributed by atoms with Gasteiger partial charge in [0, 0.05) is 15.5 Å². The van der Waals surface area contributed by atoms with Gasteiger partial charge in [0.15, 0.2) is 6.61 Å². The molecule has 0 bridgehead atoms. The summed E-state index contributed by atoms with van der Waals surface area (Å²) < 4.78 is 10.3. The Labute approximate surface area is 154 Å². The fourth-order valence-electron chi connectivity index (χ4n) is 2.07. The van der Waals surface area contributed by atoms with Crippen LogP contribution in [0.2, 0.25) is 5.02 Å². The Balaban J connectivity index is 1.51. The number of rotatable bonds is 6. The lowest BCUT2D eigenvalue weighted by atomic mass is 10.2. The molecule has 0 N–H and O–H groups in total. The summed E-state index contributed by atoms with van der Waals surface area (Å²) in [5.41, 5.74) is 1.91. The van der Waals surface area contributed by atoms with Crippen LogP contribution in [0.4, 0.5) is 0 Å². The third-order valence-electron chi connectivity index (χ3n) is 3.37. The molecule has 128 valence electrons. The van der Waals surface area contributed by atoms with Gasteiger partial charge in [-0.15, -0.1) is 11.8 Å². The molecule has 5 nitrogen and oxygen atoms in total. The Kier molecular flexibility index (Phi) is 5.73. The van der Waals surface area contributed by atoms with E-state index in [9.17, 15) is 4.79 Å². The van der Waals surface area contributed by atoms with Crippen molar-refractivity contribution in [3.8, 4) is 11.4 Å². The van der Waals surface area contributed by atoms with Crippen molar-refractivity contribution in [2.75, 3.05) is 5.75 Å². The van der Waals surface area contributed by atoms with Crippen molar-refractivity contribution in [1.82, 2.24) is 10.1 Å². The zero-order valence-electron chi connectivity index (χ0n) is 13.4. The maximum atomic E-state index is 11.9. The number of benzene rings is 2. The molecule has 25 heavy (non-hydrogen) atoms. The summed E-state index contributed by atoms with van der Waals surface area (Å²) in [5, 5.41) is 4.51. The van der Waals surface area contributed by atoms with E-state index in [0.29, 0.717) is 10.8 Å². The predicted molar refractivity (Wildman–Crippen MR) is 96.4 cm³/mol. The highest BCUT2D eigenvalue weighted by atomic mass is 35.5.